The van der Waals surface area contributed by atoms with Gasteiger partial charge in [0.15, 0.2) is 10.8 Å². The summed E-state index contributed by atoms with van der Waals surface area (Å²) in [4.78, 5) is 5.55. The first-order valence-corrected chi connectivity index (χ1v) is 6.64. The highest BCUT2D eigenvalue weighted by atomic mass is 32.1. The number of hydrogen-bond acceptors (Lipinski definition) is 4. The minimum Gasteiger partial charge on any atom is -0.332 e. The van der Waals surface area contributed by atoms with Gasteiger partial charge in [0.2, 0.25) is 0 Å². The van der Waals surface area contributed by atoms with Gasteiger partial charge in [-0.15, -0.1) is 0 Å². The lowest BCUT2D eigenvalue weighted by atomic mass is 9.97. The third kappa shape index (κ3) is 4.14. The molecule has 1 atom stereocenters. The van der Waals surface area contributed by atoms with E-state index >= 15 is 0 Å². The van der Waals surface area contributed by atoms with E-state index in [1.54, 1.807) is 0 Å². The van der Waals surface area contributed by atoms with Crippen LogP contribution in [0.1, 0.15) is 27.2 Å². The molecule has 0 spiro atoms. The maximum Gasteiger partial charge on any atom is 0.185 e. The molecule has 0 amide bonds. The van der Waals surface area contributed by atoms with E-state index in [9.17, 15) is 0 Å². The fourth-order valence-electron chi connectivity index (χ4n) is 2.11. The highest BCUT2D eigenvalue weighted by Crippen LogP contribution is 2.27. The smallest absolute Gasteiger partial charge is 0.185 e. The zero-order valence-electron chi connectivity index (χ0n) is 11.4. The molecule has 1 aliphatic heterocycles. The van der Waals surface area contributed by atoms with E-state index < -0.39 is 5.72 Å². The highest BCUT2D eigenvalue weighted by molar-refractivity contribution is 7.80. The van der Waals surface area contributed by atoms with Crippen LogP contribution < -0.4 is 21.6 Å². The third-order valence-corrected chi connectivity index (χ3v) is 3.01. The van der Waals surface area contributed by atoms with Gasteiger partial charge in [-0.05, 0) is 45.1 Å². The first-order valence-electron chi connectivity index (χ1n) is 6.23. The normalized spacial score (nSPS) is 25.0. The molecule has 19 heavy (non-hydrogen) atoms. The van der Waals surface area contributed by atoms with Gasteiger partial charge in [0, 0.05) is 17.6 Å². The van der Waals surface area contributed by atoms with Crippen LogP contribution in [0.4, 0.5) is 5.69 Å². The molecule has 0 radical (unpaired) electrons. The minimum absolute atomic E-state index is 0.0576. The Balaban J connectivity index is 1.81. The van der Waals surface area contributed by atoms with Crippen LogP contribution >= 0.6 is 12.2 Å². The van der Waals surface area contributed by atoms with E-state index in [1.807, 2.05) is 37.3 Å². The van der Waals surface area contributed by atoms with Crippen LogP contribution in [0.15, 0.2) is 30.3 Å². The van der Waals surface area contributed by atoms with Crippen LogP contribution in [0.25, 0.3) is 0 Å². The Hall–Kier alpha value is -1.21. The zero-order chi connectivity index (χ0) is 13.9. The molecule has 1 heterocycles. The first kappa shape index (κ1) is 14.2. The van der Waals surface area contributed by atoms with Crippen LogP contribution in [-0.4, -0.2) is 16.4 Å². The molecule has 1 aromatic rings. The molecular formula is C13H20N4OS. The number of hydrogen-bond donors (Lipinski definition) is 4. The van der Waals surface area contributed by atoms with Gasteiger partial charge < -0.3 is 5.32 Å². The van der Waals surface area contributed by atoms with Crippen LogP contribution in [0.3, 0.4) is 0 Å². The Morgan fingerprint density at radius 2 is 1.95 bits per heavy atom. The number of rotatable bonds is 3. The van der Waals surface area contributed by atoms with Gasteiger partial charge in [-0.2, -0.15) is 5.48 Å². The van der Waals surface area contributed by atoms with Gasteiger partial charge in [0.1, 0.15) is 0 Å². The predicted octanol–water partition coefficient (Wildman–Crippen LogP) is 1.90. The number of hydrazine groups is 1. The van der Waals surface area contributed by atoms with Gasteiger partial charge in [0.25, 0.3) is 0 Å². The number of hydroxylamine groups is 1. The van der Waals surface area contributed by atoms with Crippen LogP contribution in [0, 0.1) is 0 Å². The van der Waals surface area contributed by atoms with Crippen molar-refractivity contribution in [3.8, 4) is 0 Å². The van der Waals surface area contributed by atoms with E-state index in [2.05, 4.69) is 35.5 Å². The van der Waals surface area contributed by atoms with Crippen molar-refractivity contribution in [1.29, 1.82) is 0 Å². The van der Waals surface area contributed by atoms with E-state index in [0.29, 0.717) is 5.11 Å². The molecule has 0 saturated carbocycles. The fraction of sp³-hybridized carbons (Fsp3) is 0.462. The number of nitrogens with one attached hydrogen (secondary N) is 4. The second-order valence-corrected chi connectivity index (χ2v) is 5.97. The molecule has 1 saturated heterocycles. The average molecular weight is 280 g/mol. The molecule has 6 heteroatoms. The summed E-state index contributed by atoms with van der Waals surface area (Å²) < 4.78 is 0. The quantitative estimate of drug-likeness (QED) is 0.501. The van der Waals surface area contributed by atoms with E-state index in [0.717, 1.165) is 12.1 Å². The standard InChI is InChI=1S/C13H20N4OS/c1-12(2)9-13(3,18-17-12)16-15-11(19)14-10-7-5-4-6-8-10/h4-8,16-17H,9H2,1-3H3,(H2,14,15,19). The Morgan fingerprint density at radius 3 is 2.53 bits per heavy atom. The fourth-order valence-corrected chi connectivity index (χ4v) is 2.28. The summed E-state index contributed by atoms with van der Waals surface area (Å²) >= 11 is 5.22. The molecule has 0 aromatic heterocycles. The maximum atomic E-state index is 5.55. The second kappa shape index (κ2) is 5.42. The molecule has 2 rings (SSSR count). The van der Waals surface area contributed by atoms with Gasteiger partial charge >= 0.3 is 0 Å². The Labute approximate surface area is 119 Å². The largest absolute Gasteiger partial charge is 0.332 e. The number of anilines is 1. The van der Waals surface area contributed by atoms with Crippen LogP contribution in [-0.2, 0) is 4.84 Å². The molecule has 1 aliphatic rings. The molecule has 0 aliphatic carbocycles. The van der Waals surface area contributed by atoms with Crippen molar-refractivity contribution in [3.05, 3.63) is 30.3 Å². The topological polar surface area (TPSA) is 57.3 Å². The summed E-state index contributed by atoms with van der Waals surface area (Å²) in [5.74, 6) is 0. The van der Waals surface area contributed by atoms with Crippen molar-refractivity contribution in [2.75, 3.05) is 5.32 Å². The first-order chi connectivity index (χ1) is 8.89. The average Bonchev–Trinajstić information content (AvgIpc) is 2.63. The summed E-state index contributed by atoms with van der Waals surface area (Å²) in [6, 6.07) is 9.76. The Bertz CT molecular complexity index is 451. The van der Waals surface area contributed by atoms with Crippen molar-refractivity contribution in [2.45, 2.75) is 38.5 Å². The molecule has 104 valence electrons. The number of benzene rings is 1. The molecule has 1 aromatic carbocycles. The van der Waals surface area contributed by atoms with E-state index in [-0.39, 0.29) is 5.54 Å². The van der Waals surface area contributed by atoms with Gasteiger partial charge in [-0.3, -0.25) is 10.3 Å². The molecular weight excluding hydrogens is 260 g/mol. The monoisotopic (exact) mass is 280 g/mol. The van der Waals surface area contributed by atoms with Gasteiger partial charge in [-0.25, -0.2) is 5.43 Å². The SMILES string of the molecule is CC1(C)CC(C)(NNC(=S)Nc2ccccc2)ON1. The van der Waals surface area contributed by atoms with Crippen molar-refractivity contribution in [2.24, 2.45) is 0 Å². The lowest BCUT2D eigenvalue weighted by Crippen LogP contribution is -2.53. The third-order valence-electron chi connectivity index (χ3n) is 2.80. The lowest BCUT2D eigenvalue weighted by Gasteiger charge is -2.25. The summed E-state index contributed by atoms with van der Waals surface area (Å²) in [5.41, 5.74) is 9.44. The van der Waals surface area contributed by atoms with Crippen LogP contribution in [0.5, 0.6) is 0 Å². The Morgan fingerprint density at radius 1 is 1.26 bits per heavy atom. The minimum atomic E-state index is -0.494. The number of para-hydroxylation sites is 1. The Kier molecular flexibility index (Phi) is 4.05. The molecule has 1 unspecified atom stereocenters. The summed E-state index contributed by atoms with van der Waals surface area (Å²) in [6.45, 7) is 6.13. The van der Waals surface area contributed by atoms with E-state index in [4.69, 9.17) is 17.1 Å². The molecule has 4 N–H and O–H groups in total. The summed E-state index contributed by atoms with van der Waals surface area (Å²) in [5, 5.41) is 3.59. The molecule has 1 fully saturated rings. The lowest BCUT2D eigenvalue weighted by molar-refractivity contribution is -0.0734. The van der Waals surface area contributed by atoms with Gasteiger partial charge in [0.05, 0.1) is 0 Å². The molecule has 5 nitrogen and oxygen atoms in total. The van der Waals surface area contributed by atoms with Crippen molar-refractivity contribution >= 4 is 23.0 Å². The summed E-state index contributed by atoms with van der Waals surface area (Å²) in [7, 11) is 0. The molecule has 0 bridgehead atoms. The summed E-state index contributed by atoms with van der Waals surface area (Å²) in [6.07, 6.45) is 0.820. The van der Waals surface area contributed by atoms with E-state index in [1.165, 1.54) is 0 Å². The van der Waals surface area contributed by atoms with Crippen molar-refractivity contribution < 1.29 is 4.84 Å². The van der Waals surface area contributed by atoms with Crippen LogP contribution in [0.2, 0.25) is 0 Å². The predicted molar refractivity (Wildman–Crippen MR) is 80.3 cm³/mol. The second-order valence-electron chi connectivity index (χ2n) is 5.57. The van der Waals surface area contributed by atoms with Crippen molar-refractivity contribution in [1.82, 2.24) is 16.3 Å². The van der Waals surface area contributed by atoms with Crippen molar-refractivity contribution in [3.63, 3.8) is 0 Å². The number of thiocarbonyl (C=S) groups is 1. The zero-order valence-corrected chi connectivity index (χ0v) is 12.2. The maximum absolute atomic E-state index is 5.55. The van der Waals surface area contributed by atoms with Gasteiger partial charge in [-0.1, -0.05) is 18.2 Å². The highest BCUT2D eigenvalue weighted by Gasteiger charge is 2.41.